The molecule has 2 rings (SSSR count). The van der Waals surface area contributed by atoms with Crippen molar-refractivity contribution in [3.63, 3.8) is 0 Å². The highest BCUT2D eigenvalue weighted by Crippen LogP contribution is 2.24. The van der Waals surface area contributed by atoms with Crippen molar-refractivity contribution in [3.05, 3.63) is 44.4 Å². The Labute approximate surface area is 158 Å². The number of rotatable bonds is 13. The van der Waals surface area contributed by atoms with Crippen LogP contribution in [0.2, 0.25) is 0 Å². The minimum Gasteiger partial charge on any atom is -0.387 e. The van der Waals surface area contributed by atoms with Crippen LogP contribution in [0.3, 0.4) is 0 Å². The van der Waals surface area contributed by atoms with E-state index in [1.54, 1.807) is 0 Å². The third-order valence-electron chi connectivity index (χ3n) is 4.58. The summed E-state index contributed by atoms with van der Waals surface area (Å²) in [5, 5.41) is 4.60. The van der Waals surface area contributed by atoms with E-state index in [2.05, 4.69) is 31.1 Å². The third kappa shape index (κ3) is 7.60. The molecule has 0 aliphatic carbocycles. The summed E-state index contributed by atoms with van der Waals surface area (Å²) in [5.74, 6) is 0.344. The van der Waals surface area contributed by atoms with Crippen LogP contribution in [0, 0.1) is 11.3 Å². The van der Waals surface area contributed by atoms with Crippen molar-refractivity contribution in [1.29, 1.82) is 0 Å². The summed E-state index contributed by atoms with van der Waals surface area (Å²) >= 11 is 0. The Morgan fingerprint density at radius 3 is 2.15 bits per heavy atom. The van der Waals surface area contributed by atoms with Gasteiger partial charge >= 0.3 is 0 Å². The molecule has 2 N–H and O–H groups in total. The average Bonchev–Trinajstić information content (AvgIpc) is 3.18. The molecule has 0 fully saturated rings. The van der Waals surface area contributed by atoms with E-state index in [-0.39, 0.29) is 16.5 Å². The highest BCUT2D eigenvalue weighted by molar-refractivity contribution is 5.04. The van der Waals surface area contributed by atoms with Crippen molar-refractivity contribution in [2.75, 3.05) is 26.4 Å². The normalized spacial score (nSPS) is 13.1. The minimum absolute atomic E-state index is 0.0436. The Kier molecular flexibility index (Phi) is 8.12. The molecule has 0 aliphatic rings. The fourth-order valence-corrected chi connectivity index (χ4v) is 2.85. The van der Waals surface area contributed by atoms with E-state index in [9.17, 15) is 9.59 Å². The lowest BCUT2D eigenvalue weighted by Crippen LogP contribution is -2.21. The monoisotopic (exact) mass is 382 g/mol. The van der Waals surface area contributed by atoms with Gasteiger partial charge < -0.3 is 18.5 Å². The Bertz CT molecular complexity index is 769. The minimum atomic E-state index is -0.163. The number of nitrogens with one attached hydrogen (secondary N) is 2. The number of hydrogen-bond donors (Lipinski definition) is 2. The lowest BCUT2D eigenvalue weighted by molar-refractivity contribution is 0.0338. The number of aromatic nitrogens is 2. The number of aromatic amines is 2. The molecular formula is C19H30N2O6. The Hall–Kier alpha value is -2.06. The second kappa shape index (κ2) is 10.3. The van der Waals surface area contributed by atoms with Gasteiger partial charge in [0, 0.05) is 13.2 Å². The number of hydrogen-bond acceptors (Lipinski definition) is 6. The molecule has 1 unspecified atom stereocenters. The van der Waals surface area contributed by atoms with Crippen molar-refractivity contribution in [1.82, 2.24) is 10.3 Å². The first kappa shape index (κ1) is 21.2. The lowest BCUT2D eigenvalue weighted by Gasteiger charge is -2.23. The first-order chi connectivity index (χ1) is 12.9. The summed E-state index contributed by atoms with van der Waals surface area (Å²) in [7, 11) is 0. The zero-order chi connectivity index (χ0) is 19.7. The highest BCUT2D eigenvalue weighted by atomic mass is 16.5. The summed E-state index contributed by atoms with van der Waals surface area (Å²) in [4.78, 5) is 22.9. The fraction of sp³-hybridized carbons (Fsp3) is 0.684. The molecular weight excluding hydrogens is 352 g/mol. The van der Waals surface area contributed by atoms with Gasteiger partial charge in [0.1, 0.15) is 12.5 Å². The maximum atomic E-state index is 11.5. The lowest BCUT2D eigenvalue weighted by atomic mass is 9.84. The van der Waals surface area contributed by atoms with E-state index in [0.29, 0.717) is 56.3 Å². The van der Waals surface area contributed by atoms with Crippen LogP contribution in [0.4, 0.5) is 0 Å². The van der Waals surface area contributed by atoms with E-state index >= 15 is 0 Å². The number of H-pyrrole nitrogens is 2. The topological polar surface area (TPSA) is 110 Å². The molecule has 8 nitrogen and oxygen atoms in total. The van der Waals surface area contributed by atoms with E-state index in [1.807, 2.05) is 0 Å². The van der Waals surface area contributed by atoms with Crippen molar-refractivity contribution in [3.8, 4) is 0 Å². The Morgan fingerprint density at radius 1 is 0.963 bits per heavy atom. The van der Waals surface area contributed by atoms with E-state index < -0.39 is 0 Å². The van der Waals surface area contributed by atoms with Gasteiger partial charge in [0.25, 0.3) is 11.1 Å². The van der Waals surface area contributed by atoms with Gasteiger partial charge in [-0.1, -0.05) is 20.8 Å². The van der Waals surface area contributed by atoms with Gasteiger partial charge in [-0.3, -0.25) is 9.59 Å². The van der Waals surface area contributed by atoms with Gasteiger partial charge in [0.2, 0.25) is 0 Å². The molecule has 0 radical (unpaired) electrons. The molecule has 2 heterocycles. The predicted octanol–water partition coefficient (Wildman–Crippen LogP) is 2.51. The average molecular weight is 382 g/mol. The molecule has 0 saturated carbocycles. The van der Waals surface area contributed by atoms with Gasteiger partial charge in [0.15, 0.2) is 0 Å². The molecule has 2 aromatic heterocycles. The zero-order valence-corrected chi connectivity index (χ0v) is 16.3. The van der Waals surface area contributed by atoms with E-state index in [1.165, 1.54) is 12.5 Å². The highest BCUT2D eigenvalue weighted by Gasteiger charge is 2.21. The maximum Gasteiger partial charge on any atom is 0.283 e. The van der Waals surface area contributed by atoms with Crippen molar-refractivity contribution >= 4 is 0 Å². The van der Waals surface area contributed by atoms with Crippen LogP contribution in [0.15, 0.2) is 31.2 Å². The molecule has 27 heavy (non-hydrogen) atoms. The van der Waals surface area contributed by atoms with E-state index in [0.717, 1.165) is 12.8 Å². The smallest absolute Gasteiger partial charge is 0.283 e. The summed E-state index contributed by atoms with van der Waals surface area (Å²) < 4.78 is 20.8. The van der Waals surface area contributed by atoms with Crippen LogP contribution in [-0.4, -0.2) is 36.7 Å². The Balaban J connectivity index is 1.49. The molecule has 152 valence electrons. The van der Waals surface area contributed by atoms with Crippen molar-refractivity contribution in [2.45, 2.75) is 46.5 Å². The van der Waals surface area contributed by atoms with E-state index in [4.69, 9.17) is 18.5 Å². The second-order valence-corrected chi connectivity index (χ2v) is 7.80. The first-order valence-electron chi connectivity index (χ1n) is 9.33. The van der Waals surface area contributed by atoms with Gasteiger partial charge in [-0.2, -0.15) is 10.3 Å². The molecule has 2 aromatic rings. The summed E-state index contributed by atoms with van der Waals surface area (Å²) in [6.45, 7) is 8.62. The molecule has 0 saturated heterocycles. The predicted molar refractivity (Wildman–Crippen MR) is 99.9 cm³/mol. The quantitative estimate of drug-likeness (QED) is 0.515. The molecule has 0 bridgehead atoms. The molecule has 0 spiro atoms. The molecule has 0 aromatic carbocycles. The van der Waals surface area contributed by atoms with Crippen LogP contribution in [0.5, 0.6) is 0 Å². The standard InChI is InChI=1S/C19H30N2O6/c1-14(10-15-12-26-20-17(15)22)4-6-24-8-9-25-7-5-19(2,3)11-16-13-27-21-18(16)23/h12-14H,4-11H2,1-3H3,(H,20,22)(H,21,23). The van der Waals surface area contributed by atoms with Crippen LogP contribution < -0.4 is 11.1 Å². The van der Waals surface area contributed by atoms with Crippen LogP contribution in [0.1, 0.15) is 44.7 Å². The van der Waals surface area contributed by atoms with Crippen LogP contribution in [0.25, 0.3) is 0 Å². The summed E-state index contributed by atoms with van der Waals surface area (Å²) in [6, 6.07) is 0. The summed E-state index contributed by atoms with van der Waals surface area (Å²) in [5.41, 5.74) is 0.971. The third-order valence-corrected chi connectivity index (χ3v) is 4.58. The zero-order valence-electron chi connectivity index (χ0n) is 16.3. The van der Waals surface area contributed by atoms with Crippen LogP contribution in [-0.2, 0) is 22.3 Å². The van der Waals surface area contributed by atoms with Crippen LogP contribution >= 0.6 is 0 Å². The summed E-state index contributed by atoms with van der Waals surface area (Å²) in [6.07, 6.45) is 5.99. The maximum absolute atomic E-state index is 11.5. The van der Waals surface area contributed by atoms with Gasteiger partial charge in [-0.05, 0) is 37.0 Å². The van der Waals surface area contributed by atoms with Gasteiger partial charge in [-0.25, -0.2) is 0 Å². The van der Waals surface area contributed by atoms with Crippen molar-refractivity contribution in [2.24, 2.45) is 11.3 Å². The number of ether oxygens (including phenoxy) is 2. The molecule has 8 heteroatoms. The largest absolute Gasteiger partial charge is 0.387 e. The first-order valence-corrected chi connectivity index (χ1v) is 9.33. The second-order valence-electron chi connectivity index (χ2n) is 7.80. The van der Waals surface area contributed by atoms with Gasteiger partial charge in [0.05, 0.1) is 24.3 Å². The molecule has 0 amide bonds. The molecule has 0 aliphatic heterocycles. The fourth-order valence-electron chi connectivity index (χ4n) is 2.85. The SMILES string of the molecule is CC(CCOCCOCCC(C)(C)Cc1co[nH]c1=O)Cc1co[nH]c1=O. The Morgan fingerprint density at radius 2 is 1.56 bits per heavy atom. The van der Waals surface area contributed by atoms with Crippen molar-refractivity contribution < 1.29 is 18.5 Å². The van der Waals surface area contributed by atoms with Gasteiger partial charge in [-0.15, -0.1) is 0 Å². The molecule has 1 atom stereocenters.